The molecule has 0 fully saturated rings. The summed E-state index contributed by atoms with van der Waals surface area (Å²) in [7, 11) is -9.75. The van der Waals surface area contributed by atoms with Gasteiger partial charge in [0, 0.05) is 0 Å². The van der Waals surface area contributed by atoms with Crippen molar-refractivity contribution < 1.29 is 28.7 Å². The van der Waals surface area contributed by atoms with E-state index in [1.54, 1.807) is 0 Å². The van der Waals surface area contributed by atoms with Gasteiger partial charge in [-0.25, -0.2) is 0 Å². The fourth-order valence-electron chi connectivity index (χ4n) is 0. The molecular formula is C2H3F7S. The Morgan fingerprint density at radius 1 is 0.900 bits per heavy atom. The van der Waals surface area contributed by atoms with Crippen LogP contribution in [0.2, 0.25) is 0 Å². The number of rotatable bonds is 0. The predicted molar refractivity (Wildman–Crippen MR) is 24.0 cm³/mol. The molecule has 8 heteroatoms. The Morgan fingerprint density at radius 2 is 1.00 bits per heavy atom. The molecule has 0 nitrogen and oxygen atoms in total. The quantitative estimate of drug-likeness (QED) is 0.515. The molecule has 0 aliphatic carbocycles. The maximum atomic E-state index is 11.3. The third-order valence-electron chi connectivity index (χ3n) is 0.581. The van der Waals surface area contributed by atoms with Crippen molar-refractivity contribution in [2.24, 2.45) is 0 Å². The largest absolute Gasteiger partial charge is 0.505 e. The topological polar surface area (TPSA) is 0 Å². The second kappa shape index (κ2) is 1.26. The van der Waals surface area contributed by atoms with E-state index >= 15 is 0 Å². The first-order valence-electron chi connectivity index (χ1n) is 1.80. The van der Waals surface area contributed by atoms with Crippen LogP contribution in [0, 0.1) is 0 Å². The summed E-state index contributed by atoms with van der Waals surface area (Å²) in [6.45, 7) is 0. The van der Waals surface area contributed by atoms with Crippen LogP contribution in [-0.2, 0) is 0 Å². The van der Waals surface area contributed by atoms with E-state index in [0.717, 1.165) is 0 Å². The van der Waals surface area contributed by atoms with Gasteiger partial charge in [0.1, 0.15) is 0 Å². The number of alkyl halides is 3. The highest BCUT2D eigenvalue weighted by molar-refractivity contribution is 8.49. The Morgan fingerprint density at radius 3 is 1.00 bits per heavy atom. The molecule has 0 spiro atoms. The maximum absolute atomic E-state index is 11.3. The summed E-state index contributed by atoms with van der Waals surface area (Å²) >= 11 is 0. The van der Waals surface area contributed by atoms with Crippen molar-refractivity contribution in [3.05, 3.63) is 0 Å². The van der Waals surface area contributed by atoms with E-state index in [1.807, 2.05) is 0 Å². The molecule has 0 aromatic heterocycles. The van der Waals surface area contributed by atoms with Gasteiger partial charge in [0.25, 0.3) is 0 Å². The first kappa shape index (κ1) is 9.86. The Hall–Kier alpha value is -0.140. The van der Waals surface area contributed by atoms with Crippen LogP contribution in [0.15, 0.2) is 0 Å². The lowest BCUT2D eigenvalue weighted by Crippen LogP contribution is -2.30. The third-order valence-corrected chi connectivity index (χ3v) is 1.74. The van der Waals surface area contributed by atoms with Gasteiger partial charge < -0.3 is 0 Å². The maximum Gasteiger partial charge on any atom is 0.505 e. The van der Waals surface area contributed by atoms with Crippen molar-refractivity contribution >= 4 is 9.84 Å². The second-order valence-electron chi connectivity index (χ2n) is 1.93. The average molecular weight is 192 g/mol. The van der Waals surface area contributed by atoms with Crippen molar-refractivity contribution in [3.8, 4) is 0 Å². The Bertz CT molecular complexity index is 142. The van der Waals surface area contributed by atoms with Crippen LogP contribution in [0.1, 0.15) is 0 Å². The van der Waals surface area contributed by atoms with E-state index in [-0.39, 0.29) is 0 Å². The molecule has 0 saturated carbocycles. The molecule has 0 radical (unpaired) electrons. The zero-order valence-electron chi connectivity index (χ0n) is 4.55. The predicted octanol–water partition coefficient (Wildman–Crippen LogP) is 3.55. The van der Waals surface area contributed by atoms with Crippen LogP contribution in [0.5, 0.6) is 0 Å². The van der Waals surface area contributed by atoms with Crippen molar-refractivity contribution in [3.63, 3.8) is 0 Å². The Kier molecular flexibility index (Phi) is 1.24. The molecule has 0 N–H and O–H groups in total. The average Bonchev–Trinajstić information content (AvgIpc) is 1.16. The van der Waals surface area contributed by atoms with Gasteiger partial charge in [-0.2, -0.15) is 13.2 Å². The minimum absolute atomic E-state index is 1.36. The van der Waals surface area contributed by atoms with Gasteiger partial charge in [-0.15, -0.1) is 15.5 Å². The Labute approximate surface area is 51.4 Å². The zero-order chi connectivity index (χ0) is 8.91. The summed E-state index contributed by atoms with van der Waals surface area (Å²) in [5, 5.41) is 0. The molecule has 10 heavy (non-hydrogen) atoms. The summed E-state index contributed by atoms with van der Waals surface area (Å²) in [4.78, 5) is 0. The third kappa shape index (κ3) is 1.68. The van der Waals surface area contributed by atoms with E-state index in [0.29, 0.717) is 0 Å². The molecule has 0 aliphatic heterocycles. The van der Waals surface area contributed by atoms with E-state index in [9.17, 15) is 28.7 Å². The van der Waals surface area contributed by atoms with E-state index < -0.39 is 21.6 Å². The molecule has 0 heterocycles. The minimum atomic E-state index is -9.75. The fraction of sp³-hybridized carbons (Fsp3) is 1.00. The molecule has 0 aliphatic rings. The highest BCUT2D eigenvalue weighted by Gasteiger charge is 2.79. The summed E-state index contributed by atoms with van der Waals surface area (Å²) < 4.78 is 77.7. The van der Waals surface area contributed by atoms with Gasteiger partial charge in [0.15, 0.2) is 0 Å². The minimum Gasteiger partial charge on any atom is -0.155 e. The second-order valence-corrected chi connectivity index (χ2v) is 5.35. The van der Waals surface area contributed by atoms with Crippen LogP contribution in [-0.4, -0.2) is 11.8 Å². The SMILES string of the molecule is CS(F)(F)(F)(F)C(F)(F)F. The van der Waals surface area contributed by atoms with Gasteiger partial charge >= 0.3 is 5.51 Å². The molecule has 66 valence electrons. The lowest BCUT2D eigenvalue weighted by molar-refractivity contribution is -0.0694. The summed E-state index contributed by atoms with van der Waals surface area (Å²) in [5.74, 6) is 0. The van der Waals surface area contributed by atoms with Crippen molar-refractivity contribution in [1.82, 2.24) is 0 Å². The molecule has 0 aromatic rings. The highest BCUT2D eigenvalue weighted by Crippen LogP contribution is 3.00. The van der Waals surface area contributed by atoms with Crippen LogP contribution < -0.4 is 0 Å². The number of halogens is 7. The number of hydrogen-bond donors (Lipinski definition) is 0. The fourth-order valence-corrected chi connectivity index (χ4v) is 0. The van der Waals surface area contributed by atoms with Crippen molar-refractivity contribution in [2.75, 3.05) is 6.26 Å². The lowest BCUT2D eigenvalue weighted by Gasteiger charge is -2.46. The standard InChI is InChI=1S/C2H3F7S/c1-10(6,7,8,9)2(3,4)5/h1H3. The lowest BCUT2D eigenvalue weighted by atomic mass is 11.6. The van der Waals surface area contributed by atoms with Gasteiger partial charge in [-0.1, -0.05) is 0 Å². The van der Waals surface area contributed by atoms with E-state index in [1.165, 1.54) is 0 Å². The van der Waals surface area contributed by atoms with E-state index in [2.05, 4.69) is 0 Å². The van der Waals surface area contributed by atoms with Gasteiger partial charge in [-0.05, 0) is 0 Å². The van der Waals surface area contributed by atoms with Gasteiger partial charge in [0.2, 0.25) is 9.84 Å². The monoisotopic (exact) mass is 192 g/mol. The molecule has 0 unspecified atom stereocenters. The van der Waals surface area contributed by atoms with Crippen LogP contribution in [0.3, 0.4) is 0 Å². The normalized spacial score (nSPS) is 21.6. The first-order chi connectivity index (χ1) is 3.75. The first-order valence-corrected chi connectivity index (χ1v) is 4.26. The van der Waals surface area contributed by atoms with Gasteiger partial charge in [-0.3, -0.25) is 0 Å². The summed E-state index contributed by atoms with van der Waals surface area (Å²) in [5.41, 5.74) is -6.74. The molecule has 0 amide bonds. The Balaban J connectivity index is 5.14. The van der Waals surface area contributed by atoms with Crippen LogP contribution in [0.25, 0.3) is 0 Å². The highest BCUT2D eigenvalue weighted by atomic mass is 32.5. The molecule has 0 aromatic carbocycles. The summed E-state index contributed by atoms with van der Waals surface area (Å²) in [6.07, 6.45) is -1.36. The van der Waals surface area contributed by atoms with Crippen molar-refractivity contribution in [2.45, 2.75) is 5.51 Å². The molecule has 0 bridgehead atoms. The molecular weight excluding hydrogens is 189 g/mol. The zero-order valence-corrected chi connectivity index (χ0v) is 5.37. The van der Waals surface area contributed by atoms with Gasteiger partial charge in [0.05, 0.1) is 6.26 Å². The smallest absolute Gasteiger partial charge is 0.155 e. The van der Waals surface area contributed by atoms with E-state index in [4.69, 9.17) is 0 Å². The summed E-state index contributed by atoms with van der Waals surface area (Å²) in [6, 6.07) is 0. The van der Waals surface area contributed by atoms with Crippen LogP contribution >= 0.6 is 9.84 Å². The molecule has 0 saturated heterocycles. The molecule has 0 atom stereocenters. The molecule has 0 rings (SSSR count). The number of hydrogen-bond acceptors (Lipinski definition) is 0. The van der Waals surface area contributed by atoms with Crippen LogP contribution in [0.4, 0.5) is 28.7 Å². The van der Waals surface area contributed by atoms with Crippen molar-refractivity contribution in [1.29, 1.82) is 0 Å².